The highest BCUT2D eigenvalue weighted by atomic mass is 35.5. The molecule has 1 aromatic rings. The first kappa shape index (κ1) is 23.6. The van der Waals surface area contributed by atoms with Gasteiger partial charge in [-0.05, 0) is 45.7 Å². The highest BCUT2D eigenvalue weighted by molar-refractivity contribution is 6.37. The Kier molecular flexibility index (Phi) is 7.65. The van der Waals surface area contributed by atoms with E-state index in [4.69, 9.17) is 33.0 Å². The summed E-state index contributed by atoms with van der Waals surface area (Å²) in [5, 5.41) is 23.4. The van der Waals surface area contributed by atoms with Gasteiger partial charge in [0.2, 0.25) is 0 Å². The number of esters is 1. The van der Waals surface area contributed by atoms with Crippen molar-refractivity contribution in [1.29, 1.82) is 0 Å². The summed E-state index contributed by atoms with van der Waals surface area (Å²) in [5.41, 5.74) is -0.383. The molecule has 2 rings (SSSR count). The molecule has 29 heavy (non-hydrogen) atoms. The van der Waals surface area contributed by atoms with Crippen LogP contribution in [0.3, 0.4) is 0 Å². The minimum Gasteiger partial charge on any atom is -0.481 e. The van der Waals surface area contributed by atoms with E-state index in [1.54, 1.807) is 32.9 Å². The molecule has 0 bridgehead atoms. The number of anilines is 2. The molecule has 1 heterocycles. The van der Waals surface area contributed by atoms with Crippen molar-refractivity contribution in [2.75, 3.05) is 29.9 Å². The zero-order chi connectivity index (χ0) is 21.8. The number of aliphatic hydroxyl groups is 1. The average Bonchev–Trinajstić information content (AvgIpc) is 2.56. The van der Waals surface area contributed by atoms with Crippen molar-refractivity contribution in [2.45, 2.75) is 57.7 Å². The van der Waals surface area contributed by atoms with Crippen LogP contribution >= 0.6 is 23.2 Å². The number of carboxylic acid groups (broad SMARTS) is 1. The van der Waals surface area contributed by atoms with Gasteiger partial charge in [0.05, 0.1) is 39.9 Å². The van der Waals surface area contributed by atoms with Crippen molar-refractivity contribution >= 4 is 46.5 Å². The van der Waals surface area contributed by atoms with Gasteiger partial charge in [0.25, 0.3) is 0 Å². The smallest absolute Gasteiger partial charge is 0.309 e. The van der Waals surface area contributed by atoms with Gasteiger partial charge < -0.3 is 25.2 Å². The van der Waals surface area contributed by atoms with E-state index in [0.717, 1.165) is 5.69 Å². The molecular formula is C20H28Cl2N2O5. The molecule has 0 atom stereocenters. The summed E-state index contributed by atoms with van der Waals surface area (Å²) in [6.45, 7) is 6.66. The van der Waals surface area contributed by atoms with Gasteiger partial charge in [-0.2, -0.15) is 0 Å². The number of nitrogens with zero attached hydrogens (tertiary/aromatic N) is 1. The molecule has 1 aliphatic heterocycles. The minimum absolute atomic E-state index is 0.0297. The summed E-state index contributed by atoms with van der Waals surface area (Å²) < 4.78 is 5.32. The number of hydrogen-bond donors (Lipinski definition) is 3. The summed E-state index contributed by atoms with van der Waals surface area (Å²) >= 11 is 12.7. The number of benzene rings is 1. The van der Waals surface area contributed by atoms with Crippen LogP contribution in [0.2, 0.25) is 10.0 Å². The van der Waals surface area contributed by atoms with E-state index in [9.17, 15) is 14.7 Å². The van der Waals surface area contributed by atoms with Crippen molar-refractivity contribution < 1.29 is 24.5 Å². The second-order valence-corrected chi connectivity index (χ2v) is 9.14. The van der Waals surface area contributed by atoms with E-state index in [-0.39, 0.29) is 19.4 Å². The Morgan fingerprint density at radius 3 is 2.38 bits per heavy atom. The number of carbonyl (C=O) groups is 2. The molecule has 0 unspecified atom stereocenters. The van der Waals surface area contributed by atoms with Crippen LogP contribution in [-0.4, -0.2) is 53.0 Å². The molecule has 0 aromatic heterocycles. The van der Waals surface area contributed by atoms with Gasteiger partial charge in [-0.3, -0.25) is 9.59 Å². The van der Waals surface area contributed by atoms with E-state index in [2.05, 4.69) is 5.32 Å². The van der Waals surface area contributed by atoms with Crippen LogP contribution in [-0.2, 0) is 14.3 Å². The number of piperidine rings is 1. The maximum Gasteiger partial charge on any atom is 0.309 e. The summed E-state index contributed by atoms with van der Waals surface area (Å²) in [6, 6.07) is 3.40. The van der Waals surface area contributed by atoms with E-state index >= 15 is 0 Å². The van der Waals surface area contributed by atoms with Gasteiger partial charge in [-0.25, -0.2) is 0 Å². The predicted octanol–water partition coefficient (Wildman–Crippen LogP) is 3.94. The molecule has 1 saturated heterocycles. The molecule has 0 radical (unpaired) electrons. The Labute approximate surface area is 180 Å². The van der Waals surface area contributed by atoms with Crippen LogP contribution in [0.5, 0.6) is 0 Å². The molecule has 1 fully saturated rings. The number of aliphatic carboxylic acids is 1. The van der Waals surface area contributed by atoms with Crippen LogP contribution in [0.15, 0.2) is 12.1 Å². The number of rotatable bonds is 7. The first-order chi connectivity index (χ1) is 13.4. The van der Waals surface area contributed by atoms with Crippen LogP contribution in [0, 0.1) is 0 Å². The standard InChI is InChI=1S/C20H28Cl2N2O5/c1-19(2,3)29-18(27)12-20(28)5-8-24(9-6-20)16-11-13(21)15(10-14(16)22)23-7-4-17(25)26/h10-11,23,28H,4-9,12H2,1-3H3,(H,25,26). The van der Waals surface area contributed by atoms with Gasteiger partial charge in [0, 0.05) is 19.6 Å². The van der Waals surface area contributed by atoms with E-state index < -0.39 is 23.1 Å². The largest absolute Gasteiger partial charge is 0.481 e. The minimum atomic E-state index is -1.10. The van der Waals surface area contributed by atoms with Crippen LogP contribution in [0.25, 0.3) is 0 Å². The fraction of sp³-hybridized carbons (Fsp3) is 0.600. The number of ether oxygens (including phenoxy) is 1. The van der Waals surface area contributed by atoms with E-state index in [1.165, 1.54) is 0 Å². The lowest BCUT2D eigenvalue weighted by Crippen LogP contribution is -2.46. The van der Waals surface area contributed by atoms with Crippen molar-refractivity contribution in [1.82, 2.24) is 0 Å². The molecule has 9 heteroatoms. The third kappa shape index (κ3) is 7.24. The number of carboxylic acids is 1. The van der Waals surface area contributed by atoms with Gasteiger partial charge in [-0.1, -0.05) is 23.2 Å². The average molecular weight is 447 g/mol. The third-order valence-corrected chi connectivity index (χ3v) is 5.23. The number of hydrogen-bond acceptors (Lipinski definition) is 6. The highest BCUT2D eigenvalue weighted by Gasteiger charge is 2.36. The maximum atomic E-state index is 12.1. The normalized spacial score (nSPS) is 16.4. The zero-order valence-electron chi connectivity index (χ0n) is 16.9. The van der Waals surface area contributed by atoms with Crippen molar-refractivity contribution in [3.63, 3.8) is 0 Å². The molecule has 1 aliphatic rings. The lowest BCUT2D eigenvalue weighted by atomic mass is 9.88. The fourth-order valence-corrected chi connectivity index (χ4v) is 3.71. The Bertz CT molecular complexity index is 756. The third-order valence-electron chi connectivity index (χ3n) is 4.62. The van der Waals surface area contributed by atoms with Gasteiger partial charge in [0.1, 0.15) is 5.60 Å². The molecule has 0 spiro atoms. The van der Waals surface area contributed by atoms with Crippen LogP contribution in [0.1, 0.15) is 46.5 Å². The Morgan fingerprint density at radius 2 is 1.83 bits per heavy atom. The molecular weight excluding hydrogens is 419 g/mol. The Morgan fingerprint density at radius 1 is 1.21 bits per heavy atom. The van der Waals surface area contributed by atoms with E-state index in [1.807, 2.05) is 4.90 Å². The van der Waals surface area contributed by atoms with Gasteiger partial charge in [0.15, 0.2) is 0 Å². The lowest BCUT2D eigenvalue weighted by molar-refractivity contribution is -0.161. The SMILES string of the molecule is CC(C)(C)OC(=O)CC1(O)CCN(c2cc(Cl)c(NCCC(=O)O)cc2Cl)CC1. The second kappa shape index (κ2) is 9.41. The summed E-state index contributed by atoms with van der Waals surface area (Å²) in [5.74, 6) is -1.31. The molecule has 7 nitrogen and oxygen atoms in total. The summed E-state index contributed by atoms with van der Waals surface area (Å²) in [6.07, 6.45) is 0.731. The summed E-state index contributed by atoms with van der Waals surface area (Å²) in [4.78, 5) is 24.7. The first-order valence-electron chi connectivity index (χ1n) is 9.52. The topological polar surface area (TPSA) is 99.1 Å². The monoisotopic (exact) mass is 446 g/mol. The van der Waals surface area contributed by atoms with Crippen molar-refractivity contribution in [3.05, 3.63) is 22.2 Å². The lowest BCUT2D eigenvalue weighted by Gasteiger charge is -2.39. The van der Waals surface area contributed by atoms with Crippen LogP contribution in [0.4, 0.5) is 11.4 Å². The molecule has 3 N–H and O–H groups in total. The number of carbonyl (C=O) groups excluding carboxylic acids is 1. The van der Waals surface area contributed by atoms with Crippen molar-refractivity contribution in [3.8, 4) is 0 Å². The molecule has 162 valence electrons. The maximum absolute atomic E-state index is 12.1. The Hall–Kier alpha value is -1.70. The van der Waals surface area contributed by atoms with E-state index in [0.29, 0.717) is 41.7 Å². The zero-order valence-corrected chi connectivity index (χ0v) is 18.4. The predicted molar refractivity (Wildman–Crippen MR) is 114 cm³/mol. The molecule has 1 aromatic carbocycles. The molecule has 0 amide bonds. The number of halogens is 2. The quantitative estimate of drug-likeness (QED) is 0.545. The molecule has 0 aliphatic carbocycles. The summed E-state index contributed by atoms with van der Waals surface area (Å²) in [7, 11) is 0. The van der Waals surface area contributed by atoms with Crippen molar-refractivity contribution in [2.24, 2.45) is 0 Å². The van der Waals surface area contributed by atoms with Gasteiger partial charge >= 0.3 is 11.9 Å². The molecule has 0 saturated carbocycles. The first-order valence-corrected chi connectivity index (χ1v) is 10.3. The number of nitrogens with one attached hydrogen (secondary N) is 1. The van der Waals surface area contributed by atoms with Gasteiger partial charge in [-0.15, -0.1) is 0 Å². The highest BCUT2D eigenvalue weighted by Crippen LogP contribution is 2.38. The fourth-order valence-electron chi connectivity index (χ4n) is 3.21. The second-order valence-electron chi connectivity index (χ2n) is 8.33. The van der Waals surface area contributed by atoms with Crippen LogP contribution < -0.4 is 10.2 Å². The Balaban J connectivity index is 1.99.